The zero-order valence-corrected chi connectivity index (χ0v) is 15.8. The number of ether oxygens (including phenoxy) is 1. The number of carbonyl (C=O) groups excluding carboxylic acids is 1. The van der Waals surface area contributed by atoms with Crippen LogP contribution in [-0.4, -0.2) is 42.7 Å². The molecule has 0 amide bonds. The molecule has 0 aliphatic carbocycles. The van der Waals surface area contributed by atoms with Crippen molar-refractivity contribution < 1.29 is 22.8 Å². The molecule has 0 saturated carbocycles. The minimum Gasteiger partial charge on any atom is -0.466 e. The third-order valence-corrected chi connectivity index (χ3v) is 6.69. The standard InChI is InChI=1S/C16H34O5Si/c1-5-16(17)21-14-12-10-8-6-7-9-11-13-15-22(18-2,19-3)20-4/h5-15H2,1-4H3. The molecule has 0 rings (SSSR count). The van der Waals surface area contributed by atoms with E-state index in [2.05, 4.69) is 0 Å². The lowest BCUT2D eigenvalue weighted by atomic mass is 10.1. The second kappa shape index (κ2) is 14.2. The van der Waals surface area contributed by atoms with Crippen molar-refractivity contribution in [3.8, 4) is 0 Å². The van der Waals surface area contributed by atoms with Crippen LogP contribution in [0.3, 0.4) is 0 Å². The molecule has 0 aliphatic rings. The minimum atomic E-state index is -2.36. The van der Waals surface area contributed by atoms with Crippen molar-refractivity contribution in [1.29, 1.82) is 0 Å². The van der Waals surface area contributed by atoms with Gasteiger partial charge in [0.2, 0.25) is 0 Å². The molecule has 0 aliphatic heterocycles. The predicted molar refractivity (Wildman–Crippen MR) is 89.8 cm³/mol. The van der Waals surface area contributed by atoms with Gasteiger partial charge in [0, 0.05) is 33.8 Å². The molecule has 0 unspecified atom stereocenters. The summed E-state index contributed by atoms with van der Waals surface area (Å²) in [6.07, 6.45) is 9.86. The summed E-state index contributed by atoms with van der Waals surface area (Å²) in [4.78, 5) is 10.9. The highest BCUT2D eigenvalue weighted by molar-refractivity contribution is 6.60. The van der Waals surface area contributed by atoms with Crippen molar-refractivity contribution in [3.05, 3.63) is 0 Å². The molecule has 0 radical (unpaired) electrons. The molecule has 132 valence electrons. The molecule has 0 aromatic rings. The Bertz CT molecular complexity index is 261. The Hall–Kier alpha value is -0.433. The lowest BCUT2D eigenvalue weighted by Crippen LogP contribution is -2.42. The highest BCUT2D eigenvalue weighted by Gasteiger charge is 2.36. The Kier molecular flexibility index (Phi) is 13.9. The van der Waals surface area contributed by atoms with Crippen molar-refractivity contribution in [1.82, 2.24) is 0 Å². The van der Waals surface area contributed by atoms with Crippen LogP contribution in [0.1, 0.15) is 64.7 Å². The fraction of sp³-hybridized carbons (Fsp3) is 0.938. The molecule has 0 fully saturated rings. The zero-order valence-electron chi connectivity index (χ0n) is 14.8. The first-order valence-corrected chi connectivity index (χ1v) is 10.4. The summed E-state index contributed by atoms with van der Waals surface area (Å²) in [5.74, 6) is -0.0946. The molecule has 5 nitrogen and oxygen atoms in total. The van der Waals surface area contributed by atoms with E-state index >= 15 is 0 Å². The molecule has 22 heavy (non-hydrogen) atoms. The molecular formula is C16H34O5Si. The number of hydrogen-bond donors (Lipinski definition) is 0. The van der Waals surface area contributed by atoms with E-state index in [0.717, 1.165) is 25.3 Å². The molecule has 0 bridgehead atoms. The molecule has 6 heteroatoms. The molecule has 0 spiro atoms. The van der Waals surface area contributed by atoms with Crippen molar-refractivity contribution in [2.75, 3.05) is 27.9 Å². The Balaban J connectivity index is 3.35. The lowest BCUT2D eigenvalue weighted by Gasteiger charge is -2.24. The summed E-state index contributed by atoms with van der Waals surface area (Å²) in [6.45, 7) is 2.39. The zero-order chi connectivity index (χ0) is 16.7. The summed E-state index contributed by atoms with van der Waals surface area (Å²) in [5, 5.41) is 0. The number of hydrogen-bond acceptors (Lipinski definition) is 5. The van der Waals surface area contributed by atoms with Gasteiger partial charge in [0.15, 0.2) is 0 Å². The third-order valence-electron chi connectivity index (χ3n) is 3.86. The van der Waals surface area contributed by atoms with E-state index in [1.54, 1.807) is 21.3 Å². The Labute approximate surface area is 137 Å². The predicted octanol–water partition coefficient (Wildman–Crippen LogP) is 3.94. The van der Waals surface area contributed by atoms with Crippen LogP contribution in [0.5, 0.6) is 0 Å². The summed E-state index contributed by atoms with van der Waals surface area (Å²) < 4.78 is 21.3. The van der Waals surface area contributed by atoms with Crippen molar-refractivity contribution in [2.45, 2.75) is 70.8 Å². The second-order valence-corrected chi connectivity index (χ2v) is 8.54. The maximum Gasteiger partial charge on any atom is 0.500 e. The van der Waals surface area contributed by atoms with E-state index in [9.17, 15) is 4.79 Å². The molecule has 0 saturated heterocycles. The highest BCUT2D eigenvalue weighted by atomic mass is 28.4. The molecular weight excluding hydrogens is 300 g/mol. The number of carbonyl (C=O) groups is 1. The van der Waals surface area contributed by atoms with Crippen molar-refractivity contribution in [3.63, 3.8) is 0 Å². The van der Waals surface area contributed by atoms with Crippen LogP contribution in [0, 0.1) is 0 Å². The number of esters is 1. The number of unbranched alkanes of at least 4 members (excludes halogenated alkanes) is 7. The van der Waals surface area contributed by atoms with Crippen molar-refractivity contribution >= 4 is 14.8 Å². The van der Waals surface area contributed by atoms with Gasteiger partial charge < -0.3 is 18.0 Å². The third kappa shape index (κ3) is 10.3. The molecule has 0 N–H and O–H groups in total. The van der Waals surface area contributed by atoms with Crippen LogP contribution in [0.2, 0.25) is 6.04 Å². The quantitative estimate of drug-likeness (QED) is 0.258. The first-order chi connectivity index (χ1) is 10.6. The largest absolute Gasteiger partial charge is 0.500 e. The van der Waals surface area contributed by atoms with Gasteiger partial charge in [-0.25, -0.2) is 0 Å². The summed E-state index contributed by atoms with van der Waals surface area (Å²) >= 11 is 0. The Morgan fingerprint density at radius 2 is 1.23 bits per heavy atom. The SMILES string of the molecule is CCC(=O)OCCCCCCCCCC[Si](OC)(OC)OC. The van der Waals surface area contributed by atoms with Crippen LogP contribution < -0.4 is 0 Å². The fourth-order valence-electron chi connectivity index (χ4n) is 2.35. The minimum absolute atomic E-state index is 0.0946. The smallest absolute Gasteiger partial charge is 0.466 e. The van der Waals surface area contributed by atoms with Gasteiger partial charge in [-0.15, -0.1) is 0 Å². The highest BCUT2D eigenvalue weighted by Crippen LogP contribution is 2.18. The maximum atomic E-state index is 10.9. The molecule has 0 aromatic carbocycles. The monoisotopic (exact) mass is 334 g/mol. The van der Waals surface area contributed by atoms with Crippen LogP contribution in [0.25, 0.3) is 0 Å². The summed E-state index contributed by atoms with van der Waals surface area (Å²) in [5.41, 5.74) is 0. The van der Waals surface area contributed by atoms with Crippen molar-refractivity contribution in [2.24, 2.45) is 0 Å². The topological polar surface area (TPSA) is 54.0 Å². The first-order valence-electron chi connectivity index (χ1n) is 8.45. The van der Waals surface area contributed by atoms with E-state index < -0.39 is 8.80 Å². The van der Waals surface area contributed by atoms with Crippen LogP contribution in [0.15, 0.2) is 0 Å². The Morgan fingerprint density at radius 1 is 0.773 bits per heavy atom. The van der Waals surface area contributed by atoms with E-state index in [1.165, 1.54) is 32.1 Å². The van der Waals surface area contributed by atoms with Gasteiger partial charge in [0.1, 0.15) is 0 Å². The summed E-state index contributed by atoms with van der Waals surface area (Å²) in [6, 6.07) is 0.888. The van der Waals surface area contributed by atoms with E-state index in [-0.39, 0.29) is 5.97 Å². The van der Waals surface area contributed by atoms with Gasteiger partial charge in [0.05, 0.1) is 6.61 Å². The van der Waals surface area contributed by atoms with E-state index in [1.807, 2.05) is 6.92 Å². The van der Waals surface area contributed by atoms with Gasteiger partial charge >= 0.3 is 14.8 Å². The molecule has 0 aromatic heterocycles. The van der Waals surface area contributed by atoms with Gasteiger partial charge in [-0.2, -0.15) is 0 Å². The maximum absolute atomic E-state index is 10.9. The Morgan fingerprint density at radius 3 is 1.68 bits per heavy atom. The average Bonchev–Trinajstić information content (AvgIpc) is 2.56. The van der Waals surface area contributed by atoms with E-state index in [4.69, 9.17) is 18.0 Å². The van der Waals surface area contributed by atoms with E-state index in [0.29, 0.717) is 13.0 Å². The van der Waals surface area contributed by atoms with Crippen LogP contribution >= 0.6 is 0 Å². The lowest BCUT2D eigenvalue weighted by molar-refractivity contribution is -0.143. The van der Waals surface area contributed by atoms with Crippen LogP contribution in [-0.2, 0) is 22.8 Å². The van der Waals surface area contributed by atoms with Crippen LogP contribution in [0.4, 0.5) is 0 Å². The number of rotatable bonds is 15. The second-order valence-electron chi connectivity index (χ2n) is 5.45. The fourth-order valence-corrected chi connectivity index (χ4v) is 4.14. The van der Waals surface area contributed by atoms with Gasteiger partial charge in [-0.1, -0.05) is 45.4 Å². The first kappa shape index (κ1) is 21.6. The molecule has 0 atom stereocenters. The molecule has 0 heterocycles. The summed E-state index contributed by atoms with van der Waals surface area (Å²) in [7, 11) is 2.63. The van der Waals surface area contributed by atoms with Gasteiger partial charge in [-0.3, -0.25) is 4.79 Å². The average molecular weight is 335 g/mol. The van der Waals surface area contributed by atoms with Gasteiger partial charge in [-0.05, 0) is 12.8 Å². The van der Waals surface area contributed by atoms with Gasteiger partial charge in [0.25, 0.3) is 0 Å². The normalized spacial score (nSPS) is 11.6.